The molecule has 0 bridgehead atoms. The van der Waals surface area contributed by atoms with Gasteiger partial charge in [0.05, 0.1) is 32.6 Å². The van der Waals surface area contributed by atoms with Gasteiger partial charge >= 0.3 is 0 Å². The smallest absolute Gasteiger partial charge is 0.226 e. The van der Waals surface area contributed by atoms with Gasteiger partial charge in [-0.1, -0.05) is 0 Å². The number of ether oxygens (including phenoxy) is 2. The second-order valence-corrected chi connectivity index (χ2v) is 9.20. The quantitative estimate of drug-likeness (QED) is 0.540. The molecule has 4 rings (SSSR count). The molecular formula is C26H34F2N4O3. The van der Waals surface area contributed by atoms with E-state index in [9.17, 15) is 13.6 Å². The van der Waals surface area contributed by atoms with E-state index in [0.717, 1.165) is 29.0 Å². The van der Waals surface area contributed by atoms with Crippen LogP contribution in [-0.2, 0) is 11.2 Å². The van der Waals surface area contributed by atoms with E-state index in [0.29, 0.717) is 38.4 Å². The van der Waals surface area contributed by atoms with Gasteiger partial charge in [0.25, 0.3) is 0 Å². The van der Waals surface area contributed by atoms with Crippen LogP contribution < -0.4 is 14.4 Å². The summed E-state index contributed by atoms with van der Waals surface area (Å²) >= 11 is 0. The van der Waals surface area contributed by atoms with E-state index in [-0.39, 0.29) is 36.4 Å². The lowest BCUT2D eigenvalue weighted by molar-refractivity contribution is -0.138. The van der Waals surface area contributed by atoms with Crippen molar-refractivity contribution in [3.8, 4) is 11.5 Å². The lowest BCUT2D eigenvalue weighted by atomic mass is 9.89. The topological polar surface area (TPSA) is 67.8 Å². The molecule has 2 aliphatic heterocycles. The van der Waals surface area contributed by atoms with Crippen molar-refractivity contribution in [3.05, 3.63) is 41.2 Å². The van der Waals surface area contributed by atoms with Gasteiger partial charge in [0.15, 0.2) is 0 Å². The number of benzene rings is 1. The van der Waals surface area contributed by atoms with Gasteiger partial charge < -0.3 is 19.3 Å². The van der Waals surface area contributed by atoms with Gasteiger partial charge in [-0.15, -0.1) is 0 Å². The van der Waals surface area contributed by atoms with Crippen molar-refractivity contribution in [1.82, 2.24) is 14.9 Å². The van der Waals surface area contributed by atoms with Gasteiger partial charge in [0.2, 0.25) is 11.9 Å². The number of amides is 1. The third-order valence-electron chi connectivity index (χ3n) is 7.15. The zero-order valence-electron chi connectivity index (χ0n) is 20.7. The third-order valence-corrected chi connectivity index (χ3v) is 7.15. The number of carbonyl (C=O) groups excluding carboxylic acids is 1. The van der Waals surface area contributed by atoms with Gasteiger partial charge in [0, 0.05) is 43.4 Å². The van der Waals surface area contributed by atoms with E-state index in [2.05, 4.69) is 16.9 Å². The maximum atomic E-state index is 14.3. The van der Waals surface area contributed by atoms with E-state index >= 15 is 0 Å². The Morgan fingerprint density at radius 2 is 1.97 bits per heavy atom. The first-order valence-electron chi connectivity index (χ1n) is 12.3. The van der Waals surface area contributed by atoms with Crippen LogP contribution in [0, 0.1) is 5.92 Å². The second kappa shape index (κ2) is 11.2. The largest absolute Gasteiger partial charge is 0.497 e. The van der Waals surface area contributed by atoms with Crippen LogP contribution in [0.3, 0.4) is 0 Å². The number of alkyl halides is 2. The normalized spacial score (nSPS) is 19.3. The maximum Gasteiger partial charge on any atom is 0.226 e. The van der Waals surface area contributed by atoms with Gasteiger partial charge in [-0.25, -0.2) is 14.4 Å². The Morgan fingerprint density at radius 3 is 2.66 bits per heavy atom. The summed E-state index contributed by atoms with van der Waals surface area (Å²) in [7, 11) is 3.28. The van der Waals surface area contributed by atoms with E-state index in [1.54, 1.807) is 26.5 Å². The van der Waals surface area contributed by atoms with Crippen molar-refractivity contribution in [2.24, 2.45) is 5.92 Å². The summed E-state index contributed by atoms with van der Waals surface area (Å²) in [6, 6.07) is 5.36. The standard InChI is InChI=1S/C26H34F2N4O3/c1-17-24-19(15-20(34-2)16-23(24)35-3)9-14-32(17)25(33)18-7-12-31(13-8-18)26-29-11-6-22(30-26)21(28)5-4-10-27/h6,11,15-18,21H,4-5,7-10,12-14H2,1-3H3. The number of nitrogens with zero attached hydrogens (tertiary/aromatic N) is 4. The molecule has 0 radical (unpaired) electrons. The maximum absolute atomic E-state index is 14.3. The summed E-state index contributed by atoms with van der Waals surface area (Å²) in [4.78, 5) is 26.2. The van der Waals surface area contributed by atoms with E-state index < -0.39 is 12.8 Å². The second-order valence-electron chi connectivity index (χ2n) is 9.20. The van der Waals surface area contributed by atoms with E-state index in [4.69, 9.17) is 9.47 Å². The van der Waals surface area contributed by atoms with Gasteiger partial charge in [-0.05, 0) is 56.7 Å². The molecule has 2 aliphatic rings. The van der Waals surface area contributed by atoms with Crippen molar-refractivity contribution in [3.63, 3.8) is 0 Å². The third kappa shape index (κ3) is 5.33. The number of rotatable bonds is 8. The van der Waals surface area contributed by atoms with Crippen LogP contribution in [0.25, 0.3) is 0 Å². The molecular weight excluding hydrogens is 454 g/mol. The molecule has 1 fully saturated rings. The molecule has 1 saturated heterocycles. The molecule has 35 heavy (non-hydrogen) atoms. The molecule has 190 valence electrons. The highest BCUT2D eigenvalue weighted by Gasteiger charge is 2.36. The highest BCUT2D eigenvalue weighted by molar-refractivity contribution is 5.80. The molecule has 1 aromatic heterocycles. The summed E-state index contributed by atoms with van der Waals surface area (Å²) in [5.41, 5.74) is 2.49. The number of anilines is 1. The van der Waals surface area contributed by atoms with Crippen LogP contribution in [0.1, 0.15) is 61.6 Å². The molecule has 0 N–H and O–H groups in total. The van der Waals surface area contributed by atoms with Gasteiger partial charge in [-0.2, -0.15) is 0 Å². The fraction of sp³-hybridized carbons (Fsp3) is 0.577. The lowest BCUT2D eigenvalue weighted by Gasteiger charge is -2.40. The molecule has 0 spiro atoms. The Labute approximate surface area is 205 Å². The van der Waals surface area contributed by atoms with Crippen LogP contribution in [0.2, 0.25) is 0 Å². The molecule has 9 heteroatoms. The molecule has 7 nitrogen and oxygen atoms in total. The van der Waals surface area contributed by atoms with Crippen LogP contribution in [0.15, 0.2) is 24.4 Å². The Kier molecular flexibility index (Phi) is 8.03. The number of halogens is 2. The number of fused-ring (bicyclic) bond motifs is 1. The number of hydrogen-bond donors (Lipinski definition) is 0. The van der Waals surface area contributed by atoms with Gasteiger partial charge in [-0.3, -0.25) is 9.18 Å². The number of hydrogen-bond acceptors (Lipinski definition) is 6. The van der Waals surface area contributed by atoms with Crippen LogP contribution >= 0.6 is 0 Å². The fourth-order valence-electron chi connectivity index (χ4n) is 5.17. The predicted octanol–water partition coefficient (Wildman–Crippen LogP) is 4.62. The summed E-state index contributed by atoms with van der Waals surface area (Å²) in [5, 5.41) is 0. The average Bonchev–Trinajstić information content (AvgIpc) is 2.91. The minimum absolute atomic E-state index is 0.0823. The summed E-state index contributed by atoms with van der Waals surface area (Å²) < 4.78 is 37.8. The minimum Gasteiger partial charge on any atom is -0.497 e. The van der Waals surface area contributed by atoms with Gasteiger partial charge in [0.1, 0.15) is 17.7 Å². The molecule has 1 amide bonds. The summed E-state index contributed by atoms with van der Waals surface area (Å²) in [5.74, 6) is 2.04. The molecule has 2 unspecified atom stereocenters. The monoisotopic (exact) mass is 488 g/mol. The summed E-state index contributed by atoms with van der Waals surface area (Å²) in [6.45, 7) is 3.42. The van der Waals surface area contributed by atoms with Crippen molar-refractivity contribution < 1.29 is 23.0 Å². The van der Waals surface area contributed by atoms with Crippen LogP contribution in [0.5, 0.6) is 11.5 Å². The molecule has 3 heterocycles. The zero-order chi connectivity index (χ0) is 24.9. The zero-order valence-corrected chi connectivity index (χ0v) is 20.7. The molecule has 1 aromatic carbocycles. The number of methoxy groups -OCH3 is 2. The average molecular weight is 489 g/mol. The molecule has 0 aliphatic carbocycles. The molecule has 2 aromatic rings. The Hall–Kier alpha value is -2.97. The predicted molar refractivity (Wildman–Crippen MR) is 129 cm³/mol. The number of carbonyl (C=O) groups is 1. The molecule has 0 saturated carbocycles. The van der Waals surface area contributed by atoms with Crippen molar-refractivity contribution in [1.29, 1.82) is 0 Å². The lowest BCUT2D eigenvalue weighted by Crippen LogP contribution is -2.46. The van der Waals surface area contributed by atoms with Crippen LogP contribution in [-0.4, -0.2) is 61.3 Å². The minimum atomic E-state index is -1.30. The Bertz CT molecular complexity index is 1010. The van der Waals surface area contributed by atoms with Crippen molar-refractivity contribution in [2.75, 3.05) is 45.4 Å². The fourth-order valence-corrected chi connectivity index (χ4v) is 5.17. The first-order chi connectivity index (χ1) is 17.0. The highest BCUT2D eigenvalue weighted by atomic mass is 19.1. The van der Waals surface area contributed by atoms with E-state index in [1.165, 1.54) is 0 Å². The van der Waals surface area contributed by atoms with Crippen molar-refractivity contribution in [2.45, 2.75) is 51.2 Å². The molecule has 2 atom stereocenters. The summed E-state index contributed by atoms with van der Waals surface area (Å²) in [6.07, 6.45) is 2.65. The van der Waals surface area contributed by atoms with Crippen LogP contribution in [0.4, 0.5) is 14.7 Å². The SMILES string of the molecule is COc1cc2c(c(OC)c1)C(C)N(C(=O)C1CCN(c3nccc(C(F)CCCF)n3)CC1)CC2. The number of aromatic nitrogens is 2. The number of piperidine rings is 1. The van der Waals surface area contributed by atoms with E-state index in [1.807, 2.05) is 21.9 Å². The Morgan fingerprint density at radius 1 is 1.20 bits per heavy atom. The highest BCUT2D eigenvalue weighted by Crippen LogP contribution is 2.40. The van der Waals surface area contributed by atoms with Crippen molar-refractivity contribution >= 4 is 11.9 Å². The first kappa shape index (κ1) is 25.1. The Balaban J connectivity index is 1.40. The first-order valence-corrected chi connectivity index (χ1v) is 12.3.